The zero-order valence-electron chi connectivity index (χ0n) is 7.34. The zero-order chi connectivity index (χ0) is 9.80. The first-order valence-electron chi connectivity index (χ1n) is 4.12. The Bertz CT molecular complexity index is 385. The molecule has 2 aromatic rings. The van der Waals surface area contributed by atoms with E-state index < -0.39 is 0 Å². The molecule has 2 rings (SSSR count). The molecular weight excluding hydrogens is 198 g/mol. The van der Waals surface area contributed by atoms with Gasteiger partial charge in [-0.15, -0.1) is 11.3 Å². The summed E-state index contributed by atoms with van der Waals surface area (Å²) in [5, 5.41) is 14.0. The first kappa shape index (κ1) is 8.96. The number of nitrogens with one attached hydrogen (secondary N) is 1. The molecule has 0 bridgehead atoms. The Morgan fingerprint density at radius 3 is 2.79 bits per heavy atom. The molecule has 0 fully saturated rings. The van der Waals surface area contributed by atoms with Crippen molar-refractivity contribution in [1.29, 1.82) is 0 Å². The Morgan fingerprint density at radius 1 is 1.36 bits per heavy atom. The molecular formula is C9H9N3OS. The van der Waals surface area contributed by atoms with Crippen LogP contribution in [0.4, 0.5) is 5.95 Å². The first-order valence-corrected chi connectivity index (χ1v) is 5.00. The highest BCUT2D eigenvalue weighted by Crippen LogP contribution is 2.11. The Kier molecular flexibility index (Phi) is 2.60. The average molecular weight is 207 g/mol. The lowest BCUT2D eigenvalue weighted by Gasteiger charge is -2.01. The second kappa shape index (κ2) is 4.06. The molecule has 14 heavy (non-hydrogen) atoms. The van der Waals surface area contributed by atoms with Gasteiger partial charge in [-0.1, -0.05) is 6.07 Å². The van der Waals surface area contributed by atoms with Gasteiger partial charge in [0.05, 0.1) is 18.9 Å². The van der Waals surface area contributed by atoms with Crippen LogP contribution < -0.4 is 5.32 Å². The maximum absolute atomic E-state index is 8.96. The molecule has 2 heterocycles. The topological polar surface area (TPSA) is 58.0 Å². The van der Waals surface area contributed by atoms with Crippen LogP contribution in [0.1, 0.15) is 4.88 Å². The molecule has 0 aliphatic rings. The van der Waals surface area contributed by atoms with Crippen molar-refractivity contribution in [1.82, 2.24) is 9.97 Å². The van der Waals surface area contributed by atoms with Gasteiger partial charge in [-0.25, -0.2) is 9.97 Å². The van der Waals surface area contributed by atoms with Gasteiger partial charge in [0.15, 0.2) is 5.75 Å². The molecule has 0 aliphatic heterocycles. The predicted octanol–water partition coefficient (Wildman–Crippen LogP) is 1.86. The van der Waals surface area contributed by atoms with E-state index in [1.54, 1.807) is 11.3 Å². The molecule has 0 unspecified atom stereocenters. The van der Waals surface area contributed by atoms with E-state index in [0.717, 1.165) is 0 Å². The molecule has 2 N–H and O–H groups in total. The SMILES string of the molecule is Oc1cnc(NCc2cccs2)nc1. The van der Waals surface area contributed by atoms with Crippen molar-refractivity contribution >= 4 is 17.3 Å². The van der Waals surface area contributed by atoms with Gasteiger partial charge in [-0.2, -0.15) is 0 Å². The van der Waals surface area contributed by atoms with Crippen molar-refractivity contribution in [2.24, 2.45) is 0 Å². The fourth-order valence-electron chi connectivity index (χ4n) is 0.992. The summed E-state index contributed by atoms with van der Waals surface area (Å²) in [6.07, 6.45) is 2.73. The van der Waals surface area contributed by atoms with Crippen LogP contribution in [0, 0.1) is 0 Å². The molecule has 0 aliphatic carbocycles. The fourth-order valence-corrected chi connectivity index (χ4v) is 1.64. The third-order valence-corrected chi connectivity index (χ3v) is 2.52. The number of rotatable bonds is 3. The number of nitrogens with zero attached hydrogens (tertiary/aromatic N) is 2. The first-order chi connectivity index (χ1) is 6.84. The van der Waals surface area contributed by atoms with Crippen LogP contribution in [0.5, 0.6) is 5.75 Å². The van der Waals surface area contributed by atoms with Crippen LogP contribution in [0.3, 0.4) is 0 Å². The molecule has 4 nitrogen and oxygen atoms in total. The maximum atomic E-state index is 8.96. The van der Waals surface area contributed by atoms with Crippen LogP contribution in [0.2, 0.25) is 0 Å². The van der Waals surface area contributed by atoms with E-state index in [1.807, 2.05) is 17.5 Å². The lowest BCUT2D eigenvalue weighted by atomic mass is 10.5. The van der Waals surface area contributed by atoms with Crippen LogP contribution in [0.15, 0.2) is 29.9 Å². The summed E-state index contributed by atoms with van der Waals surface area (Å²) >= 11 is 1.68. The largest absolute Gasteiger partial charge is 0.505 e. The van der Waals surface area contributed by atoms with Crippen LogP contribution in [-0.4, -0.2) is 15.1 Å². The minimum atomic E-state index is 0.0756. The Hall–Kier alpha value is -1.62. The van der Waals surface area contributed by atoms with Crippen molar-refractivity contribution in [2.75, 3.05) is 5.32 Å². The van der Waals surface area contributed by atoms with Crippen molar-refractivity contribution in [3.05, 3.63) is 34.8 Å². The highest BCUT2D eigenvalue weighted by Gasteiger charge is 1.96. The molecule has 0 radical (unpaired) electrons. The summed E-state index contributed by atoms with van der Waals surface area (Å²) in [7, 11) is 0. The minimum absolute atomic E-state index is 0.0756. The summed E-state index contributed by atoms with van der Waals surface area (Å²) in [5.74, 6) is 0.600. The Morgan fingerprint density at radius 2 is 2.14 bits per heavy atom. The summed E-state index contributed by atoms with van der Waals surface area (Å²) in [4.78, 5) is 9.04. The number of hydrogen-bond acceptors (Lipinski definition) is 5. The van der Waals surface area contributed by atoms with Crippen molar-refractivity contribution in [2.45, 2.75) is 6.54 Å². The van der Waals surface area contributed by atoms with E-state index in [2.05, 4.69) is 15.3 Å². The molecule has 0 amide bonds. The van der Waals surface area contributed by atoms with Gasteiger partial charge >= 0.3 is 0 Å². The summed E-state index contributed by atoms with van der Waals surface area (Å²) in [6.45, 7) is 0.711. The van der Waals surface area contributed by atoms with E-state index in [9.17, 15) is 0 Å². The van der Waals surface area contributed by atoms with Gasteiger partial charge in [-0.05, 0) is 11.4 Å². The third-order valence-electron chi connectivity index (χ3n) is 1.64. The van der Waals surface area contributed by atoms with E-state index in [0.29, 0.717) is 12.5 Å². The summed E-state index contributed by atoms with van der Waals surface area (Å²) < 4.78 is 0. The lowest BCUT2D eigenvalue weighted by molar-refractivity contribution is 0.470. The monoisotopic (exact) mass is 207 g/mol. The molecule has 0 spiro atoms. The number of aromatic hydroxyl groups is 1. The fraction of sp³-hybridized carbons (Fsp3) is 0.111. The van der Waals surface area contributed by atoms with Crippen molar-refractivity contribution < 1.29 is 5.11 Å². The minimum Gasteiger partial charge on any atom is -0.505 e. The number of thiophene rings is 1. The smallest absolute Gasteiger partial charge is 0.223 e. The van der Waals surface area contributed by atoms with Gasteiger partial charge in [0.2, 0.25) is 5.95 Å². The quantitative estimate of drug-likeness (QED) is 0.806. The van der Waals surface area contributed by atoms with Crippen molar-refractivity contribution in [3.8, 4) is 5.75 Å². The van der Waals surface area contributed by atoms with Crippen LogP contribution >= 0.6 is 11.3 Å². The van der Waals surface area contributed by atoms with E-state index >= 15 is 0 Å². The van der Waals surface area contributed by atoms with Gasteiger partial charge in [-0.3, -0.25) is 0 Å². The summed E-state index contributed by atoms with van der Waals surface area (Å²) in [6, 6.07) is 4.04. The molecule has 72 valence electrons. The second-order valence-corrected chi connectivity index (χ2v) is 3.73. The Labute approximate surface area is 85.3 Å². The highest BCUT2D eigenvalue weighted by molar-refractivity contribution is 7.09. The van der Waals surface area contributed by atoms with Crippen LogP contribution in [-0.2, 0) is 6.54 Å². The number of anilines is 1. The van der Waals surface area contributed by atoms with E-state index in [4.69, 9.17) is 5.11 Å². The zero-order valence-corrected chi connectivity index (χ0v) is 8.16. The Balaban J connectivity index is 1.95. The second-order valence-electron chi connectivity index (χ2n) is 2.70. The molecule has 0 atom stereocenters. The standard InChI is InChI=1S/C9H9N3OS/c13-7-4-10-9(11-5-7)12-6-8-2-1-3-14-8/h1-5,13H,6H2,(H,10,11,12). The number of hydrogen-bond donors (Lipinski definition) is 2. The van der Waals surface area contributed by atoms with Crippen LogP contribution in [0.25, 0.3) is 0 Å². The number of aromatic nitrogens is 2. The van der Waals surface area contributed by atoms with Gasteiger partial charge < -0.3 is 10.4 Å². The van der Waals surface area contributed by atoms with Gasteiger partial charge in [0.1, 0.15) is 0 Å². The predicted molar refractivity (Wildman–Crippen MR) is 55.3 cm³/mol. The maximum Gasteiger partial charge on any atom is 0.223 e. The molecule has 5 heteroatoms. The van der Waals surface area contributed by atoms with E-state index in [1.165, 1.54) is 17.3 Å². The van der Waals surface area contributed by atoms with Gasteiger partial charge in [0, 0.05) is 4.88 Å². The molecule has 0 aromatic carbocycles. The summed E-state index contributed by atoms with van der Waals surface area (Å²) in [5.41, 5.74) is 0. The highest BCUT2D eigenvalue weighted by atomic mass is 32.1. The average Bonchev–Trinajstić information content (AvgIpc) is 2.70. The molecule has 2 aromatic heterocycles. The molecule has 0 saturated carbocycles. The van der Waals surface area contributed by atoms with Crippen molar-refractivity contribution in [3.63, 3.8) is 0 Å². The normalized spacial score (nSPS) is 10.0. The van der Waals surface area contributed by atoms with E-state index in [-0.39, 0.29) is 5.75 Å². The lowest BCUT2D eigenvalue weighted by Crippen LogP contribution is -2.01. The third kappa shape index (κ3) is 2.20. The molecule has 0 saturated heterocycles. The van der Waals surface area contributed by atoms with Gasteiger partial charge in [0.25, 0.3) is 0 Å².